The van der Waals surface area contributed by atoms with Gasteiger partial charge in [-0.05, 0) is 49.6 Å². The number of anilines is 1. The number of carbonyl (C=O) groups is 2. The largest absolute Gasteiger partial charge is 0.497 e. The molecule has 0 saturated carbocycles. The van der Waals surface area contributed by atoms with E-state index in [-0.39, 0.29) is 11.8 Å². The first-order valence-corrected chi connectivity index (χ1v) is 12.1. The SMILES string of the molecule is COc1ccc([C@@]23C[C@]45CSC[C@@](C)(C(=O)N4[C@]2(C)Nc2ccccc23)N(C)C5=O)cc1. The van der Waals surface area contributed by atoms with Crippen LogP contribution in [0.1, 0.15) is 31.4 Å². The Kier molecular flexibility index (Phi) is 3.75. The summed E-state index contributed by atoms with van der Waals surface area (Å²) < 4.78 is 5.41. The average Bonchev–Trinajstić information content (AvgIpc) is 3.09. The molecule has 0 aliphatic carbocycles. The molecule has 5 aliphatic heterocycles. The van der Waals surface area contributed by atoms with Gasteiger partial charge in [-0.3, -0.25) is 9.59 Å². The second-order valence-electron chi connectivity index (χ2n) is 9.86. The standard InChI is InChI=1S/C25H27N3O3S/c1-22-14-32-15-24(21(30)27(22)3)13-25(16-9-11-17(31-4)12-10-16)18-7-5-6-8-19(18)26-23(25,2)28(24)20(22)29/h5-12,26H,13-15H2,1-4H3/t22-,23-,24+,25+/m0/s1. The van der Waals surface area contributed by atoms with Crippen molar-refractivity contribution in [3.63, 3.8) is 0 Å². The molecule has 32 heavy (non-hydrogen) atoms. The first-order chi connectivity index (χ1) is 15.2. The van der Waals surface area contributed by atoms with Crippen LogP contribution in [0.15, 0.2) is 48.5 Å². The molecule has 4 atom stereocenters. The summed E-state index contributed by atoms with van der Waals surface area (Å²) in [4.78, 5) is 31.8. The van der Waals surface area contributed by atoms with Crippen molar-refractivity contribution in [2.75, 3.05) is 31.0 Å². The van der Waals surface area contributed by atoms with Crippen molar-refractivity contribution < 1.29 is 14.3 Å². The minimum atomic E-state index is -0.887. The number of carbonyl (C=O) groups excluding carboxylic acids is 2. The molecule has 0 radical (unpaired) electrons. The van der Waals surface area contributed by atoms with Crippen molar-refractivity contribution in [2.45, 2.75) is 42.4 Å². The molecule has 4 fully saturated rings. The normalized spacial score (nSPS) is 37.0. The number of amides is 2. The Morgan fingerprint density at radius 2 is 1.72 bits per heavy atom. The molecule has 2 aromatic rings. The van der Waals surface area contributed by atoms with Gasteiger partial charge in [-0.15, -0.1) is 0 Å². The number of nitrogens with one attached hydrogen (secondary N) is 1. The number of fused-ring (bicyclic) bond motifs is 6. The number of hydrogen-bond donors (Lipinski definition) is 1. The summed E-state index contributed by atoms with van der Waals surface area (Å²) in [6.07, 6.45) is 0.546. The second kappa shape index (κ2) is 6.01. The number of methoxy groups -OCH3 is 1. The average molecular weight is 450 g/mol. The fraction of sp³-hybridized carbons (Fsp3) is 0.440. The Morgan fingerprint density at radius 1 is 1.00 bits per heavy atom. The number of thioether (sulfide) groups is 1. The van der Waals surface area contributed by atoms with Crippen molar-refractivity contribution in [3.8, 4) is 5.75 Å². The third-order valence-corrected chi connectivity index (χ3v) is 9.89. The van der Waals surface area contributed by atoms with Crippen LogP contribution in [-0.2, 0) is 15.0 Å². The zero-order valence-electron chi connectivity index (χ0n) is 18.8. The summed E-state index contributed by atoms with van der Waals surface area (Å²) in [7, 11) is 3.45. The van der Waals surface area contributed by atoms with Gasteiger partial charge < -0.3 is 19.9 Å². The van der Waals surface area contributed by atoms with Crippen molar-refractivity contribution in [1.29, 1.82) is 0 Å². The summed E-state index contributed by atoms with van der Waals surface area (Å²) in [5, 5.41) is 3.72. The molecular formula is C25H27N3O3S. The summed E-state index contributed by atoms with van der Waals surface area (Å²) in [5.74, 6) is 2.09. The van der Waals surface area contributed by atoms with Crippen LogP contribution in [-0.4, -0.2) is 64.0 Å². The number of hydrogen-bond acceptors (Lipinski definition) is 5. The van der Waals surface area contributed by atoms with Crippen LogP contribution in [0.25, 0.3) is 0 Å². The van der Waals surface area contributed by atoms with Gasteiger partial charge in [0.1, 0.15) is 22.5 Å². The second-order valence-corrected chi connectivity index (χ2v) is 10.8. The zero-order chi connectivity index (χ0) is 22.5. The van der Waals surface area contributed by atoms with Crippen molar-refractivity contribution in [1.82, 2.24) is 9.80 Å². The maximum absolute atomic E-state index is 14.2. The van der Waals surface area contributed by atoms with Gasteiger partial charge in [0.25, 0.3) is 5.91 Å². The third-order valence-electron chi connectivity index (χ3n) is 8.44. The highest BCUT2D eigenvalue weighted by molar-refractivity contribution is 7.99. The van der Waals surface area contributed by atoms with Crippen LogP contribution < -0.4 is 10.1 Å². The van der Waals surface area contributed by atoms with E-state index in [4.69, 9.17) is 4.74 Å². The van der Waals surface area contributed by atoms with Gasteiger partial charge in [0, 0.05) is 24.2 Å². The van der Waals surface area contributed by atoms with E-state index in [1.165, 1.54) is 0 Å². The van der Waals surface area contributed by atoms with Crippen LogP contribution in [0.4, 0.5) is 5.69 Å². The topological polar surface area (TPSA) is 61.9 Å². The lowest BCUT2D eigenvalue weighted by Gasteiger charge is -2.54. The van der Waals surface area contributed by atoms with E-state index in [2.05, 4.69) is 36.5 Å². The van der Waals surface area contributed by atoms with E-state index < -0.39 is 22.2 Å². The van der Waals surface area contributed by atoms with Gasteiger partial charge in [0.05, 0.1) is 12.5 Å². The molecule has 1 spiro atoms. The Bertz CT molecular complexity index is 1170. The molecule has 4 saturated heterocycles. The molecule has 1 N–H and O–H groups in total. The number of nitrogens with zero attached hydrogens (tertiary/aromatic N) is 2. The highest BCUT2D eigenvalue weighted by atomic mass is 32.2. The van der Waals surface area contributed by atoms with Gasteiger partial charge in [-0.1, -0.05) is 30.3 Å². The number of benzene rings is 2. The minimum absolute atomic E-state index is 0.0304. The molecule has 0 aromatic heterocycles. The van der Waals surface area contributed by atoms with Crippen LogP contribution in [0, 0.1) is 0 Å². The van der Waals surface area contributed by atoms with E-state index in [9.17, 15) is 9.59 Å². The molecule has 2 aromatic carbocycles. The summed E-state index contributed by atoms with van der Waals surface area (Å²) in [5.41, 5.74) is 0.168. The van der Waals surface area contributed by atoms with E-state index in [1.807, 2.05) is 36.1 Å². The lowest BCUT2D eigenvalue weighted by atomic mass is 9.66. The summed E-state index contributed by atoms with van der Waals surface area (Å²) >= 11 is 1.72. The maximum Gasteiger partial charge on any atom is 0.251 e. The zero-order valence-corrected chi connectivity index (χ0v) is 19.6. The third kappa shape index (κ3) is 1.96. The molecule has 6 nitrogen and oxygen atoms in total. The lowest BCUT2D eigenvalue weighted by Crippen LogP contribution is -2.77. The Hall–Kier alpha value is -2.67. The molecule has 7 rings (SSSR count). The van der Waals surface area contributed by atoms with E-state index in [0.29, 0.717) is 17.9 Å². The molecular weight excluding hydrogens is 422 g/mol. The van der Waals surface area contributed by atoms with Crippen molar-refractivity contribution >= 4 is 29.3 Å². The molecule has 5 aliphatic rings. The number of piperazine rings is 1. The van der Waals surface area contributed by atoms with Gasteiger partial charge in [-0.25, -0.2) is 0 Å². The number of ether oxygens (including phenoxy) is 1. The number of rotatable bonds is 2. The van der Waals surface area contributed by atoms with E-state index in [0.717, 1.165) is 22.6 Å². The van der Waals surface area contributed by atoms with Crippen molar-refractivity contribution in [3.05, 3.63) is 59.7 Å². The number of para-hydroxylation sites is 1. The van der Waals surface area contributed by atoms with Crippen LogP contribution >= 0.6 is 11.8 Å². The van der Waals surface area contributed by atoms with E-state index in [1.54, 1.807) is 30.8 Å². The van der Waals surface area contributed by atoms with E-state index >= 15 is 0 Å². The highest BCUT2D eigenvalue weighted by Gasteiger charge is 2.78. The van der Waals surface area contributed by atoms with Gasteiger partial charge in [-0.2, -0.15) is 11.8 Å². The first kappa shape index (κ1) is 20.0. The van der Waals surface area contributed by atoms with Crippen LogP contribution in [0.5, 0.6) is 5.75 Å². The maximum atomic E-state index is 14.2. The Labute approximate surface area is 192 Å². The minimum Gasteiger partial charge on any atom is -0.497 e. The Balaban J connectivity index is 1.67. The first-order valence-electron chi connectivity index (χ1n) is 11.0. The molecule has 166 valence electrons. The fourth-order valence-electron chi connectivity index (χ4n) is 6.71. The monoisotopic (exact) mass is 449 g/mol. The molecule has 5 heterocycles. The van der Waals surface area contributed by atoms with Crippen LogP contribution in [0.2, 0.25) is 0 Å². The number of likely N-dealkylation sites (N-methyl/N-ethyl adjacent to an activating group) is 1. The lowest BCUT2D eigenvalue weighted by molar-refractivity contribution is -0.174. The van der Waals surface area contributed by atoms with Gasteiger partial charge in [0.2, 0.25) is 5.91 Å². The van der Waals surface area contributed by atoms with Crippen molar-refractivity contribution in [2.24, 2.45) is 0 Å². The molecule has 0 unspecified atom stereocenters. The summed E-state index contributed by atoms with van der Waals surface area (Å²) in [6.45, 7) is 4.01. The molecule has 2 amide bonds. The van der Waals surface area contributed by atoms with Gasteiger partial charge >= 0.3 is 0 Å². The summed E-state index contributed by atoms with van der Waals surface area (Å²) in [6, 6.07) is 16.4. The fourth-order valence-corrected chi connectivity index (χ4v) is 8.22. The predicted molar refractivity (Wildman–Crippen MR) is 125 cm³/mol. The molecule has 7 heteroatoms. The quantitative estimate of drug-likeness (QED) is 0.764. The van der Waals surface area contributed by atoms with Crippen LogP contribution in [0.3, 0.4) is 0 Å². The Morgan fingerprint density at radius 3 is 2.44 bits per heavy atom. The molecule has 2 bridgehead atoms. The predicted octanol–water partition coefficient (Wildman–Crippen LogP) is 3.07. The van der Waals surface area contributed by atoms with Gasteiger partial charge in [0.15, 0.2) is 0 Å². The highest BCUT2D eigenvalue weighted by Crippen LogP contribution is 2.66. The smallest absolute Gasteiger partial charge is 0.251 e.